The third-order valence-corrected chi connectivity index (χ3v) is 4.29. The van der Waals surface area contributed by atoms with Crippen LogP contribution in [-0.4, -0.2) is 47.6 Å². The summed E-state index contributed by atoms with van der Waals surface area (Å²) in [6.07, 6.45) is 0. The quantitative estimate of drug-likeness (QED) is 0.431. The molecule has 9 heteroatoms. The van der Waals surface area contributed by atoms with Gasteiger partial charge < -0.3 is 14.2 Å². The van der Waals surface area contributed by atoms with Gasteiger partial charge >= 0.3 is 5.97 Å². The zero-order chi connectivity index (χ0) is 21.0. The normalized spacial score (nSPS) is 10.5. The van der Waals surface area contributed by atoms with E-state index in [1.165, 1.54) is 25.1 Å². The monoisotopic (exact) mass is 415 g/mol. The maximum absolute atomic E-state index is 12.4. The largest absolute Gasteiger partial charge is 0.493 e. The van der Waals surface area contributed by atoms with Crippen molar-refractivity contribution in [2.45, 2.75) is 6.92 Å². The van der Waals surface area contributed by atoms with Crippen LogP contribution in [0.5, 0.6) is 11.5 Å². The number of ether oxygens (including phenoxy) is 3. The van der Waals surface area contributed by atoms with Crippen LogP contribution in [0.25, 0.3) is 5.69 Å². The summed E-state index contributed by atoms with van der Waals surface area (Å²) in [4.78, 5) is 26.0. The molecule has 8 nitrogen and oxygen atoms in total. The van der Waals surface area contributed by atoms with Crippen LogP contribution in [0.1, 0.15) is 26.5 Å². The zero-order valence-electron chi connectivity index (χ0n) is 16.0. The number of carbonyl (C=O) groups is 2. The lowest BCUT2D eigenvalue weighted by molar-refractivity contribution is 0.0467. The van der Waals surface area contributed by atoms with Crippen molar-refractivity contribution in [1.29, 1.82) is 0 Å². The van der Waals surface area contributed by atoms with Gasteiger partial charge in [0, 0.05) is 10.6 Å². The number of aryl methyl sites for hydroxylation is 1. The highest BCUT2D eigenvalue weighted by Crippen LogP contribution is 2.27. The number of ketones is 1. The molecular weight excluding hydrogens is 398 g/mol. The fourth-order valence-corrected chi connectivity index (χ4v) is 2.76. The minimum absolute atomic E-state index is 0.0186. The Morgan fingerprint density at radius 2 is 1.79 bits per heavy atom. The van der Waals surface area contributed by atoms with Crippen molar-refractivity contribution in [3.63, 3.8) is 0 Å². The molecule has 0 saturated carbocycles. The standard InChI is InChI=1S/C20H18ClN3O5/c1-12-19(23-24(22-12)15-6-4-5-14(21)10-15)20(26)29-11-16(25)13-7-8-17(27-2)18(9-13)28-3/h4-10H,11H2,1-3H3. The van der Waals surface area contributed by atoms with E-state index in [1.54, 1.807) is 43.3 Å². The minimum atomic E-state index is -0.746. The number of esters is 1. The van der Waals surface area contributed by atoms with Gasteiger partial charge in [0.05, 0.1) is 25.6 Å². The van der Waals surface area contributed by atoms with Gasteiger partial charge in [-0.15, -0.1) is 5.10 Å². The van der Waals surface area contributed by atoms with Crippen molar-refractivity contribution < 1.29 is 23.8 Å². The van der Waals surface area contributed by atoms with Crippen molar-refractivity contribution >= 4 is 23.4 Å². The summed E-state index contributed by atoms with van der Waals surface area (Å²) in [6, 6.07) is 11.6. The van der Waals surface area contributed by atoms with E-state index >= 15 is 0 Å². The number of aromatic nitrogens is 3. The number of benzene rings is 2. The Morgan fingerprint density at radius 3 is 2.48 bits per heavy atom. The number of methoxy groups -OCH3 is 2. The molecule has 0 fully saturated rings. The second-order valence-electron chi connectivity index (χ2n) is 5.97. The molecule has 0 radical (unpaired) electrons. The minimum Gasteiger partial charge on any atom is -0.493 e. The van der Waals surface area contributed by atoms with Crippen LogP contribution in [0.15, 0.2) is 42.5 Å². The summed E-state index contributed by atoms with van der Waals surface area (Å²) in [5.74, 6) is -0.233. The van der Waals surface area contributed by atoms with Crippen LogP contribution in [0.2, 0.25) is 5.02 Å². The van der Waals surface area contributed by atoms with E-state index in [0.29, 0.717) is 33.5 Å². The predicted molar refractivity (Wildman–Crippen MR) is 105 cm³/mol. The Bertz CT molecular complexity index is 1060. The second kappa shape index (κ2) is 8.74. The lowest BCUT2D eigenvalue weighted by Gasteiger charge is -2.09. The van der Waals surface area contributed by atoms with E-state index in [9.17, 15) is 9.59 Å². The Morgan fingerprint density at radius 1 is 1.03 bits per heavy atom. The third-order valence-electron chi connectivity index (χ3n) is 4.05. The summed E-state index contributed by atoms with van der Waals surface area (Å²) in [7, 11) is 2.97. The van der Waals surface area contributed by atoms with Crippen molar-refractivity contribution in [2.24, 2.45) is 0 Å². The molecule has 1 aromatic heterocycles. The maximum Gasteiger partial charge on any atom is 0.361 e. The van der Waals surface area contributed by atoms with Gasteiger partial charge in [0.1, 0.15) is 0 Å². The lowest BCUT2D eigenvalue weighted by Crippen LogP contribution is -2.15. The first-order valence-corrected chi connectivity index (χ1v) is 8.93. The van der Waals surface area contributed by atoms with Crippen molar-refractivity contribution in [2.75, 3.05) is 20.8 Å². The number of rotatable bonds is 7. The van der Waals surface area contributed by atoms with Crippen molar-refractivity contribution in [3.8, 4) is 17.2 Å². The van der Waals surface area contributed by atoms with Gasteiger partial charge in [-0.2, -0.15) is 9.90 Å². The van der Waals surface area contributed by atoms with E-state index in [1.807, 2.05) is 0 Å². The molecular formula is C20H18ClN3O5. The molecule has 3 aromatic rings. The first-order chi connectivity index (χ1) is 13.9. The lowest BCUT2D eigenvalue weighted by atomic mass is 10.1. The van der Waals surface area contributed by atoms with Gasteiger partial charge in [0.15, 0.2) is 29.6 Å². The Hall–Kier alpha value is -3.39. The molecule has 0 bridgehead atoms. The van der Waals surface area contributed by atoms with Crippen LogP contribution < -0.4 is 9.47 Å². The average molecular weight is 416 g/mol. The van der Waals surface area contributed by atoms with Gasteiger partial charge in [0.25, 0.3) is 0 Å². The maximum atomic E-state index is 12.4. The van der Waals surface area contributed by atoms with Gasteiger partial charge in [-0.1, -0.05) is 17.7 Å². The highest BCUT2D eigenvalue weighted by molar-refractivity contribution is 6.30. The summed E-state index contributed by atoms with van der Waals surface area (Å²) in [5.41, 5.74) is 1.31. The van der Waals surface area contributed by atoms with Gasteiger partial charge in [-0.25, -0.2) is 4.79 Å². The molecule has 0 atom stereocenters. The third kappa shape index (κ3) is 4.55. The highest BCUT2D eigenvalue weighted by atomic mass is 35.5. The molecule has 1 heterocycles. The highest BCUT2D eigenvalue weighted by Gasteiger charge is 2.20. The van der Waals surface area contributed by atoms with E-state index < -0.39 is 12.6 Å². The van der Waals surface area contributed by atoms with Crippen LogP contribution in [-0.2, 0) is 4.74 Å². The number of halogens is 1. The van der Waals surface area contributed by atoms with E-state index in [0.717, 1.165) is 0 Å². The molecule has 3 rings (SSSR count). The fraction of sp³-hybridized carbons (Fsp3) is 0.200. The molecule has 0 saturated heterocycles. The molecule has 0 amide bonds. The Kier molecular flexibility index (Phi) is 6.13. The SMILES string of the molecule is COc1ccc(C(=O)COC(=O)c2nn(-c3cccc(Cl)c3)nc2C)cc1OC. The summed E-state index contributed by atoms with van der Waals surface area (Å²) < 4.78 is 15.4. The summed E-state index contributed by atoms with van der Waals surface area (Å²) in [6.45, 7) is 1.18. The van der Waals surface area contributed by atoms with E-state index in [4.69, 9.17) is 25.8 Å². The molecule has 0 aliphatic carbocycles. The molecule has 0 N–H and O–H groups in total. The molecule has 0 aliphatic rings. The van der Waals surface area contributed by atoms with Gasteiger partial charge in [-0.05, 0) is 43.3 Å². The van der Waals surface area contributed by atoms with Gasteiger partial charge in [0.2, 0.25) is 0 Å². The van der Waals surface area contributed by atoms with E-state index in [-0.39, 0.29) is 11.5 Å². The molecule has 0 aliphatic heterocycles. The van der Waals surface area contributed by atoms with E-state index in [2.05, 4.69) is 10.2 Å². The second-order valence-corrected chi connectivity index (χ2v) is 6.41. The first-order valence-electron chi connectivity index (χ1n) is 8.55. The smallest absolute Gasteiger partial charge is 0.361 e. The van der Waals surface area contributed by atoms with Crippen LogP contribution >= 0.6 is 11.6 Å². The van der Waals surface area contributed by atoms with Gasteiger partial charge in [-0.3, -0.25) is 4.79 Å². The summed E-state index contributed by atoms with van der Waals surface area (Å²) in [5, 5.41) is 8.86. The number of carbonyl (C=O) groups excluding carboxylic acids is 2. The Labute approximate surface area is 171 Å². The predicted octanol–water partition coefficient (Wildman–Crippen LogP) is 3.29. The first kappa shape index (κ1) is 20.3. The molecule has 29 heavy (non-hydrogen) atoms. The average Bonchev–Trinajstić information content (AvgIpc) is 3.13. The molecule has 2 aromatic carbocycles. The number of Topliss-reactive ketones (excluding diaryl/α,β-unsaturated/α-hetero) is 1. The molecule has 0 spiro atoms. The zero-order valence-corrected chi connectivity index (χ0v) is 16.8. The molecule has 150 valence electrons. The number of nitrogens with zero attached hydrogens (tertiary/aromatic N) is 3. The number of hydrogen-bond acceptors (Lipinski definition) is 7. The molecule has 0 unspecified atom stereocenters. The number of hydrogen-bond donors (Lipinski definition) is 0. The Balaban J connectivity index is 1.70. The van der Waals surface area contributed by atoms with Crippen molar-refractivity contribution in [1.82, 2.24) is 15.0 Å². The fourth-order valence-electron chi connectivity index (χ4n) is 2.58. The van der Waals surface area contributed by atoms with Crippen LogP contribution in [0.4, 0.5) is 0 Å². The summed E-state index contributed by atoms with van der Waals surface area (Å²) >= 11 is 5.97. The van der Waals surface area contributed by atoms with Crippen LogP contribution in [0, 0.1) is 6.92 Å². The van der Waals surface area contributed by atoms with Crippen molar-refractivity contribution in [3.05, 3.63) is 64.4 Å². The topological polar surface area (TPSA) is 92.5 Å². The van der Waals surface area contributed by atoms with Crippen LogP contribution in [0.3, 0.4) is 0 Å².